The summed E-state index contributed by atoms with van der Waals surface area (Å²) in [7, 11) is 0. The normalized spacial score (nSPS) is 12.6. The molecule has 2 rings (SSSR count). The molecule has 1 aromatic heterocycles. The summed E-state index contributed by atoms with van der Waals surface area (Å²) < 4.78 is 5.56. The Bertz CT molecular complexity index is 606. The maximum absolute atomic E-state index is 12.1. The molecule has 5 heteroatoms. The number of rotatable bonds is 4. The topological polar surface area (TPSA) is 62.5 Å². The van der Waals surface area contributed by atoms with E-state index in [9.17, 15) is 4.79 Å². The van der Waals surface area contributed by atoms with Gasteiger partial charge in [-0.15, -0.1) is 0 Å². The summed E-state index contributed by atoms with van der Waals surface area (Å²) in [4.78, 5) is 12.1. The van der Waals surface area contributed by atoms with Crippen molar-refractivity contribution in [1.82, 2.24) is 5.32 Å². The molecule has 1 aromatic carbocycles. The first kappa shape index (κ1) is 13.9. The van der Waals surface area contributed by atoms with Gasteiger partial charge in [0.25, 0.3) is 5.91 Å². The fraction of sp³-hybridized carbons (Fsp3) is 0.357. The van der Waals surface area contributed by atoms with Crippen molar-refractivity contribution in [2.45, 2.75) is 26.3 Å². The lowest BCUT2D eigenvalue weighted by atomic mass is 10.1. The number of hydrogen-bond donors (Lipinski definition) is 2. The number of amides is 1. The van der Waals surface area contributed by atoms with Crippen LogP contribution in [0.5, 0.6) is 0 Å². The van der Waals surface area contributed by atoms with E-state index in [4.69, 9.17) is 21.1 Å². The summed E-state index contributed by atoms with van der Waals surface area (Å²) in [5, 5.41) is 13.1. The fourth-order valence-corrected chi connectivity index (χ4v) is 2.14. The molecule has 2 aromatic rings. The zero-order valence-electron chi connectivity index (χ0n) is 10.9. The van der Waals surface area contributed by atoms with Gasteiger partial charge >= 0.3 is 0 Å². The van der Waals surface area contributed by atoms with Gasteiger partial charge in [-0.05, 0) is 38.5 Å². The van der Waals surface area contributed by atoms with Crippen LogP contribution in [-0.2, 0) is 0 Å². The van der Waals surface area contributed by atoms with E-state index in [1.807, 2.05) is 13.8 Å². The third kappa shape index (κ3) is 2.91. The van der Waals surface area contributed by atoms with Gasteiger partial charge < -0.3 is 14.8 Å². The van der Waals surface area contributed by atoms with Crippen LogP contribution in [0.3, 0.4) is 0 Å². The van der Waals surface area contributed by atoms with Crippen LogP contribution in [0.15, 0.2) is 22.6 Å². The van der Waals surface area contributed by atoms with Crippen LogP contribution in [0.25, 0.3) is 11.0 Å². The molecule has 0 spiro atoms. The van der Waals surface area contributed by atoms with E-state index in [-0.39, 0.29) is 18.6 Å². The second kappa shape index (κ2) is 5.63. The van der Waals surface area contributed by atoms with Crippen molar-refractivity contribution in [2.75, 3.05) is 6.61 Å². The minimum absolute atomic E-state index is 0.0379. The highest BCUT2D eigenvalue weighted by molar-refractivity contribution is 6.31. The van der Waals surface area contributed by atoms with Gasteiger partial charge in [-0.1, -0.05) is 11.6 Å². The van der Waals surface area contributed by atoms with E-state index in [0.29, 0.717) is 22.8 Å². The number of carbonyl (C=O) groups excluding carboxylic acids is 1. The average Bonchev–Trinajstić information content (AvgIpc) is 2.67. The van der Waals surface area contributed by atoms with Gasteiger partial charge in [-0.2, -0.15) is 0 Å². The first-order valence-electron chi connectivity index (χ1n) is 6.13. The van der Waals surface area contributed by atoms with Gasteiger partial charge in [0.2, 0.25) is 0 Å². The highest BCUT2D eigenvalue weighted by Gasteiger charge is 2.19. The zero-order chi connectivity index (χ0) is 14.0. The van der Waals surface area contributed by atoms with Gasteiger partial charge in [-0.3, -0.25) is 4.79 Å². The maximum Gasteiger partial charge on any atom is 0.287 e. The Kier molecular flexibility index (Phi) is 4.12. The highest BCUT2D eigenvalue weighted by Crippen LogP contribution is 2.27. The molecule has 0 saturated carbocycles. The Morgan fingerprint density at radius 1 is 1.53 bits per heavy atom. The number of furan rings is 1. The molecule has 1 atom stereocenters. The van der Waals surface area contributed by atoms with E-state index in [1.54, 1.807) is 18.2 Å². The van der Waals surface area contributed by atoms with Crippen LogP contribution >= 0.6 is 11.6 Å². The number of nitrogens with one attached hydrogen (secondary N) is 1. The molecule has 4 nitrogen and oxygen atoms in total. The average molecular weight is 282 g/mol. The Morgan fingerprint density at radius 3 is 2.95 bits per heavy atom. The lowest BCUT2D eigenvalue weighted by molar-refractivity contribution is 0.0907. The van der Waals surface area contributed by atoms with Crippen molar-refractivity contribution in [3.8, 4) is 0 Å². The number of fused-ring (bicyclic) bond motifs is 1. The zero-order valence-corrected chi connectivity index (χ0v) is 11.6. The Hall–Kier alpha value is -1.52. The standard InChI is InChI=1S/C14H16ClNO3/c1-8(5-6-17)16-14(18)13-9(2)11-7-10(15)3-4-12(11)19-13/h3-4,7-8,17H,5-6H2,1-2H3,(H,16,18). The minimum Gasteiger partial charge on any atom is -0.451 e. The van der Waals surface area contributed by atoms with Crippen LogP contribution in [0.2, 0.25) is 5.02 Å². The maximum atomic E-state index is 12.1. The number of hydrogen-bond acceptors (Lipinski definition) is 3. The van der Waals surface area contributed by atoms with Crippen LogP contribution < -0.4 is 5.32 Å². The summed E-state index contributed by atoms with van der Waals surface area (Å²) in [5.74, 6) is 0.0211. The predicted octanol–water partition coefficient (Wildman–Crippen LogP) is 2.90. The van der Waals surface area contributed by atoms with E-state index >= 15 is 0 Å². The van der Waals surface area contributed by atoms with Crippen molar-refractivity contribution in [3.05, 3.63) is 34.5 Å². The van der Waals surface area contributed by atoms with E-state index in [1.165, 1.54) is 0 Å². The number of carbonyl (C=O) groups is 1. The summed E-state index contributed by atoms with van der Waals surface area (Å²) in [6, 6.07) is 5.15. The van der Waals surface area contributed by atoms with Crippen molar-refractivity contribution in [1.29, 1.82) is 0 Å². The van der Waals surface area contributed by atoms with Gasteiger partial charge in [0.1, 0.15) is 5.58 Å². The van der Waals surface area contributed by atoms with Gasteiger partial charge in [0, 0.05) is 28.6 Å². The smallest absolute Gasteiger partial charge is 0.287 e. The predicted molar refractivity (Wildman–Crippen MR) is 74.6 cm³/mol. The van der Waals surface area contributed by atoms with E-state index in [0.717, 1.165) is 10.9 Å². The van der Waals surface area contributed by atoms with Crippen LogP contribution in [0.4, 0.5) is 0 Å². The lowest BCUT2D eigenvalue weighted by Gasteiger charge is -2.11. The van der Waals surface area contributed by atoms with E-state index < -0.39 is 0 Å². The number of halogens is 1. The SMILES string of the molecule is Cc1c(C(=O)NC(C)CCO)oc2ccc(Cl)cc12. The first-order valence-corrected chi connectivity index (χ1v) is 6.51. The second-order valence-electron chi connectivity index (χ2n) is 4.58. The molecule has 0 fully saturated rings. The minimum atomic E-state index is -0.272. The molecule has 0 saturated heterocycles. The fourth-order valence-electron chi connectivity index (χ4n) is 1.96. The second-order valence-corrected chi connectivity index (χ2v) is 5.02. The molecule has 0 bridgehead atoms. The molecule has 1 heterocycles. The molecule has 0 aliphatic carbocycles. The number of aliphatic hydroxyl groups excluding tert-OH is 1. The van der Waals surface area contributed by atoms with Gasteiger partial charge in [0.05, 0.1) is 0 Å². The van der Waals surface area contributed by atoms with Crippen LogP contribution in [0.1, 0.15) is 29.5 Å². The molecule has 1 amide bonds. The summed E-state index contributed by atoms with van der Waals surface area (Å²) >= 11 is 5.94. The number of aliphatic hydroxyl groups is 1. The molecule has 0 radical (unpaired) electrons. The third-order valence-electron chi connectivity index (χ3n) is 3.04. The van der Waals surface area contributed by atoms with Crippen molar-refractivity contribution in [2.24, 2.45) is 0 Å². The van der Waals surface area contributed by atoms with Gasteiger partial charge in [0.15, 0.2) is 5.76 Å². The number of aryl methyl sites for hydroxylation is 1. The molecular formula is C14H16ClNO3. The Balaban J connectivity index is 2.30. The summed E-state index contributed by atoms with van der Waals surface area (Å²) in [5.41, 5.74) is 1.41. The van der Waals surface area contributed by atoms with Crippen LogP contribution in [0, 0.1) is 6.92 Å². The first-order chi connectivity index (χ1) is 9.02. The molecule has 0 aliphatic rings. The Morgan fingerprint density at radius 2 is 2.26 bits per heavy atom. The molecular weight excluding hydrogens is 266 g/mol. The quantitative estimate of drug-likeness (QED) is 0.906. The van der Waals surface area contributed by atoms with Gasteiger partial charge in [-0.25, -0.2) is 0 Å². The van der Waals surface area contributed by atoms with Crippen molar-refractivity contribution >= 4 is 28.5 Å². The summed E-state index contributed by atoms with van der Waals surface area (Å²) in [6.07, 6.45) is 0.511. The van der Waals surface area contributed by atoms with Crippen molar-refractivity contribution in [3.63, 3.8) is 0 Å². The molecule has 2 N–H and O–H groups in total. The number of benzene rings is 1. The third-order valence-corrected chi connectivity index (χ3v) is 3.28. The highest BCUT2D eigenvalue weighted by atomic mass is 35.5. The molecule has 0 aliphatic heterocycles. The van der Waals surface area contributed by atoms with Crippen LogP contribution in [-0.4, -0.2) is 23.7 Å². The lowest BCUT2D eigenvalue weighted by Crippen LogP contribution is -2.33. The molecule has 102 valence electrons. The Labute approximate surface area is 116 Å². The van der Waals surface area contributed by atoms with Crippen molar-refractivity contribution < 1.29 is 14.3 Å². The van der Waals surface area contributed by atoms with E-state index in [2.05, 4.69) is 5.32 Å². The monoisotopic (exact) mass is 281 g/mol. The molecule has 19 heavy (non-hydrogen) atoms. The summed E-state index contributed by atoms with van der Waals surface area (Å²) in [6.45, 7) is 3.70. The largest absolute Gasteiger partial charge is 0.451 e. The molecule has 1 unspecified atom stereocenters.